The zero-order valence-corrected chi connectivity index (χ0v) is 9.74. The number of nitrogens with zero attached hydrogens (tertiary/aromatic N) is 1. The molecule has 2 N–H and O–H groups in total. The Labute approximate surface area is 97.8 Å². The summed E-state index contributed by atoms with van der Waals surface area (Å²) in [5.74, 6) is -4.56. The fourth-order valence-corrected chi connectivity index (χ4v) is 1.55. The van der Waals surface area contributed by atoms with E-state index in [2.05, 4.69) is 5.32 Å². The molecule has 1 aliphatic rings. The summed E-state index contributed by atoms with van der Waals surface area (Å²) in [6.45, 7) is 2.29. The van der Waals surface area contributed by atoms with Gasteiger partial charge in [-0.25, -0.2) is 13.6 Å². The van der Waals surface area contributed by atoms with Crippen LogP contribution in [0, 0.1) is 5.92 Å². The van der Waals surface area contributed by atoms with Crippen LogP contribution in [0.15, 0.2) is 0 Å². The van der Waals surface area contributed by atoms with Crippen LogP contribution < -0.4 is 5.32 Å². The first-order valence-electron chi connectivity index (χ1n) is 5.38. The minimum Gasteiger partial charge on any atom is -0.481 e. The van der Waals surface area contributed by atoms with Gasteiger partial charge in [0.05, 0.1) is 12.0 Å². The second-order valence-electron chi connectivity index (χ2n) is 4.40. The van der Waals surface area contributed by atoms with Crippen molar-refractivity contribution in [3.8, 4) is 0 Å². The highest BCUT2D eigenvalue weighted by Crippen LogP contribution is 2.19. The molecule has 0 aromatic rings. The van der Waals surface area contributed by atoms with E-state index in [0.29, 0.717) is 6.42 Å². The molecule has 5 nitrogen and oxygen atoms in total. The lowest BCUT2D eigenvalue weighted by atomic mass is 10.1. The van der Waals surface area contributed by atoms with Gasteiger partial charge in [0, 0.05) is 20.0 Å². The Bertz CT molecular complexity index is 317. The number of hydrogen-bond donors (Lipinski definition) is 2. The van der Waals surface area contributed by atoms with Crippen LogP contribution in [0.5, 0.6) is 0 Å². The van der Waals surface area contributed by atoms with Gasteiger partial charge in [0.1, 0.15) is 0 Å². The van der Waals surface area contributed by atoms with Crippen LogP contribution in [-0.2, 0) is 4.79 Å². The molecular weight excluding hydrogens is 234 g/mol. The number of carboxylic acid groups (broad SMARTS) is 1. The van der Waals surface area contributed by atoms with E-state index >= 15 is 0 Å². The molecule has 2 unspecified atom stereocenters. The maximum Gasteiger partial charge on any atom is 0.317 e. The molecule has 0 aliphatic carbocycles. The van der Waals surface area contributed by atoms with Crippen molar-refractivity contribution in [3.05, 3.63) is 0 Å². The predicted molar refractivity (Wildman–Crippen MR) is 55.9 cm³/mol. The van der Waals surface area contributed by atoms with Gasteiger partial charge in [-0.1, -0.05) is 0 Å². The lowest BCUT2D eigenvalue weighted by molar-refractivity contribution is -0.141. The van der Waals surface area contributed by atoms with Gasteiger partial charge in [-0.3, -0.25) is 4.79 Å². The lowest BCUT2D eigenvalue weighted by Gasteiger charge is -2.24. The van der Waals surface area contributed by atoms with Gasteiger partial charge in [0.15, 0.2) is 0 Å². The van der Waals surface area contributed by atoms with Crippen LogP contribution in [0.4, 0.5) is 13.6 Å². The van der Waals surface area contributed by atoms with E-state index in [1.54, 1.807) is 0 Å². The Hall–Kier alpha value is -1.40. The van der Waals surface area contributed by atoms with E-state index in [4.69, 9.17) is 5.11 Å². The SMILES string of the molecule is CC(NC(=O)N1CCC(C(=O)O)C1)C(C)(F)F. The second kappa shape index (κ2) is 4.85. The maximum absolute atomic E-state index is 12.8. The van der Waals surface area contributed by atoms with E-state index in [-0.39, 0.29) is 13.1 Å². The molecule has 2 amide bonds. The van der Waals surface area contributed by atoms with Crippen molar-refractivity contribution in [1.82, 2.24) is 10.2 Å². The average Bonchev–Trinajstić information content (AvgIpc) is 2.64. The predicted octanol–water partition coefficient (Wildman–Crippen LogP) is 1.15. The van der Waals surface area contributed by atoms with Crippen molar-refractivity contribution in [3.63, 3.8) is 0 Å². The van der Waals surface area contributed by atoms with Gasteiger partial charge in [-0.2, -0.15) is 0 Å². The van der Waals surface area contributed by atoms with Crippen molar-refractivity contribution >= 4 is 12.0 Å². The average molecular weight is 250 g/mol. The van der Waals surface area contributed by atoms with E-state index < -0.39 is 29.9 Å². The minimum atomic E-state index is -3.00. The lowest BCUT2D eigenvalue weighted by Crippen LogP contribution is -2.49. The molecule has 1 heterocycles. The molecule has 0 saturated carbocycles. The number of likely N-dealkylation sites (tertiary alicyclic amines) is 1. The Morgan fingerprint density at radius 2 is 2.12 bits per heavy atom. The number of halogens is 2. The molecule has 2 atom stereocenters. The fraction of sp³-hybridized carbons (Fsp3) is 0.800. The van der Waals surface area contributed by atoms with Crippen LogP contribution in [0.3, 0.4) is 0 Å². The monoisotopic (exact) mass is 250 g/mol. The third-order valence-electron chi connectivity index (χ3n) is 2.93. The summed E-state index contributed by atoms with van der Waals surface area (Å²) in [5.41, 5.74) is 0. The normalized spacial score (nSPS) is 22.4. The Balaban J connectivity index is 2.48. The van der Waals surface area contributed by atoms with E-state index in [0.717, 1.165) is 6.92 Å². The highest BCUT2D eigenvalue weighted by atomic mass is 19.3. The number of alkyl halides is 2. The molecule has 1 rings (SSSR count). The number of rotatable bonds is 3. The number of aliphatic carboxylic acids is 1. The van der Waals surface area contributed by atoms with Crippen molar-refractivity contribution < 1.29 is 23.5 Å². The molecule has 0 spiro atoms. The highest BCUT2D eigenvalue weighted by molar-refractivity contribution is 5.77. The second-order valence-corrected chi connectivity index (χ2v) is 4.40. The first-order valence-corrected chi connectivity index (χ1v) is 5.38. The standard InChI is InChI=1S/C10H16F2N2O3/c1-6(10(2,11)12)13-9(17)14-4-3-7(5-14)8(15)16/h6-7H,3-5H2,1-2H3,(H,13,17)(H,15,16). The maximum atomic E-state index is 12.8. The Morgan fingerprint density at radius 1 is 1.53 bits per heavy atom. The largest absolute Gasteiger partial charge is 0.481 e. The third-order valence-corrected chi connectivity index (χ3v) is 2.93. The fourth-order valence-electron chi connectivity index (χ4n) is 1.55. The van der Waals surface area contributed by atoms with Crippen LogP contribution in [0.2, 0.25) is 0 Å². The number of carbonyl (C=O) groups excluding carboxylic acids is 1. The summed E-state index contributed by atoms with van der Waals surface area (Å²) in [7, 11) is 0. The van der Waals surface area contributed by atoms with Crippen molar-refractivity contribution in [2.75, 3.05) is 13.1 Å². The Morgan fingerprint density at radius 3 is 2.53 bits per heavy atom. The summed E-state index contributed by atoms with van der Waals surface area (Å²) in [5, 5.41) is 10.9. The molecule has 0 bridgehead atoms. The molecule has 7 heteroatoms. The van der Waals surface area contributed by atoms with Crippen molar-refractivity contribution in [2.45, 2.75) is 32.2 Å². The molecule has 0 aromatic carbocycles. The van der Waals surface area contributed by atoms with Gasteiger partial charge < -0.3 is 15.3 Å². The summed E-state index contributed by atoms with van der Waals surface area (Å²) in [4.78, 5) is 23.5. The molecular formula is C10H16F2N2O3. The van der Waals surface area contributed by atoms with Gasteiger partial charge in [-0.15, -0.1) is 0 Å². The summed E-state index contributed by atoms with van der Waals surface area (Å²) in [6, 6.07) is -1.92. The van der Waals surface area contributed by atoms with Crippen molar-refractivity contribution in [1.29, 1.82) is 0 Å². The summed E-state index contributed by atoms with van der Waals surface area (Å²) >= 11 is 0. The van der Waals surface area contributed by atoms with Crippen LogP contribution >= 0.6 is 0 Å². The topological polar surface area (TPSA) is 69.6 Å². The number of hydrogen-bond acceptors (Lipinski definition) is 2. The number of urea groups is 1. The molecule has 1 aliphatic heterocycles. The van der Waals surface area contributed by atoms with Gasteiger partial charge >= 0.3 is 12.0 Å². The van der Waals surface area contributed by atoms with E-state index in [1.165, 1.54) is 11.8 Å². The van der Waals surface area contributed by atoms with Crippen LogP contribution in [0.25, 0.3) is 0 Å². The Kier molecular flexibility index (Phi) is 3.90. The number of amides is 2. The number of carboxylic acids is 1. The van der Waals surface area contributed by atoms with Crippen LogP contribution in [0.1, 0.15) is 20.3 Å². The van der Waals surface area contributed by atoms with Crippen LogP contribution in [-0.4, -0.2) is 47.1 Å². The zero-order valence-electron chi connectivity index (χ0n) is 9.74. The van der Waals surface area contributed by atoms with Gasteiger partial charge in [0.2, 0.25) is 0 Å². The molecule has 1 fully saturated rings. The third kappa shape index (κ3) is 3.54. The molecule has 98 valence electrons. The molecule has 0 radical (unpaired) electrons. The minimum absolute atomic E-state index is 0.0726. The van der Waals surface area contributed by atoms with Gasteiger partial charge in [0.25, 0.3) is 5.92 Å². The molecule has 1 saturated heterocycles. The van der Waals surface area contributed by atoms with E-state index in [9.17, 15) is 18.4 Å². The van der Waals surface area contributed by atoms with Crippen molar-refractivity contribution in [2.24, 2.45) is 5.92 Å². The zero-order chi connectivity index (χ0) is 13.2. The summed E-state index contributed by atoms with van der Waals surface area (Å²) < 4.78 is 25.7. The van der Waals surface area contributed by atoms with Gasteiger partial charge in [-0.05, 0) is 13.3 Å². The number of nitrogens with one attached hydrogen (secondary N) is 1. The number of carbonyl (C=O) groups is 2. The summed E-state index contributed by atoms with van der Waals surface area (Å²) in [6.07, 6.45) is 0.361. The molecule has 17 heavy (non-hydrogen) atoms. The smallest absolute Gasteiger partial charge is 0.317 e. The first-order chi connectivity index (χ1) is 7.71. The highest BCUT2D eigenvalue weighted by Gasteiger charge is 2.35. The van der Waals surface area contributed by atoms with E-state index in [1.807, 2.05) is 0 Å². The first kappa shape index (κ1) is 13.7. The molecule has 0 aromatic heterocycles. The quantitative estimate of drug-likeness (QED) is 0.789.